The fourth-order valence-corrected chi connectivity index (χ4v) is 3.80. The van der Waals surface area contributed by atoms with E-state index in [-0.39, 0.29) is 11.7 Å². The van der Waals surface area contributed by atoms with Crippen LogP contribution in [0.5, 0.6) is 0 Å². The zero-order valence-electron chi connectivity index (χ0n) is 15.0. The Hall–Kier alpha value is -2.24. The summed E-state index contributed by atoms with van der Waals surface area (Å²) in [6, 6.07) is 13.9. The number of Topliss-reactive ketones (excluding diaryl/α,β-unsaturated/α-hetero) is 1. The predicted molar refractivity (Wildman–Crippen MR) is 101 cm³/mol. The molecule has 1 aliphatic rings. The molecular formula is C21H26N2O3. The summed E-state index contributed by atoms with van der Waals surface area (Å²) in [6.07, 6.45) is 4.29. The zero-order chi connectivity index (χ0) is 18.4. The number of nitrogens with zero attached hydrogens (tertiary/aromatic N) is 1. The van der Waals surface area contributed by atoms with Gasteiger partial charge in [-0.15, -0.1) is 0 Å². The minimum Gasteiger partial charge on any atom is -0.296 e. The quantitative estimate of drug-likeness (QED) is 0.454. The van der Waals surface area contributed by atoms with Crippen molar-refractivity contribution in [3.8, 4) is 0 Å². The molecule has 2 aromatic carbocycles. The highest BCUT2D eigenvalue weighted by atomic mass is 16.5. The Balaban J connectivity index is 1.50. The van der Waals surface area contributed by atoms with Crippen LogP contribution >= 0.6 is 0 Å². The molecule has 2 aromatic rings. The number of likely N-dealkylation sites (tertiary alicyclic amines) is 1. The van der Waals surface area contributed by atoms with Gasteiger partial charge in [0.2, 0.25) is 5.91 Å². The first-order valence-electron chi connectivity index (χ1n) is 9.33. The van der Waals surface area contributed by atoms with Gasteiger partial charge in [0.1, 0.15) is 0 Å². The summed E-state index contributed by atoms with van der Waals surface area (Å²) in [4.78, 5) is 26.1. The monoisotopic (exact) mass is 354 g/mol. The Morgan fingerprint density at radius 2 is 1.81 bits per heavy atom. The molecule has 0 saturated carbocycles. The second kappa shape index (κ2) is 8.92. The Morgan fingerprint density at radius 3 is 2.58 bits per heavy atom. The molecule has 26 heavy (non-hydrogen) atoms. The van der Waals surface area contributed by atoms with Crippen molar-refractivity contribution in [1.82, 2.24) is 10.4 Å². The van der Waals surface area contributed by atoms with Crippen molar-refractivity contribution >= 4 is 22.5 Å². The molecule has 0 atom stereocenters. The Morgan fingerprint density at radius 1 is 1.08 bits per heavy atom. The van der Waals surface area contributed by atoms with E-state index in [2.05, 4.69) is 4.90 Å². The number of carbonyl (C=O) groups excluding carboxylic acids is 2. The summed E-state index contributed by atoms with van der Waals surface area (Å²) in [5.41, 5.74) is 2.48. The van der Waals surface area contributed by atoms with Gasteiger partial charge >= 0.3 is 0 Å². The molecule has 5 nitrogen and oxygen atoms in total. The summed E-state index contributed by atoms with van der Waals surface area (Å²) in [6.45, 7) is 2.31. The van der Waals surface area contributed by atoms with Crippen molar-refractivity contribution in [2.45, 2.75) is 32.1 Å². The molecule has 1 amide bonds. The van der Waals surface area contributed by atoms with Crippen molar-refractivity contribution in [3.63, 3.8) is 0 Å². The van der Waals surface area contributed by atoms with Crippen LogP contribution < -0.4 is 5.48 Å². The third-order valence-corrected chi connectivity index (χ3v) is 5.31. The number of hydrogen-bond acceptors (Lipinski definition) is 4. The van der Waals surface area contributed by atoms with Crippen LogP contribution in [0.1, 0.15) is 42.5 Å². The third-order valence-electron chi connectivity index (χ3n) is 5.31. The zero-order valence-corrected chi connectivity index (χ0v) is 15.0. The first kappa shape index (κ1) is 18.5. The van der Waals surface area contributed by atoms with E-state index in [1.54, 1.807) is 5.48 Å². The lowest BCUT2D eigenvalue weighted by molar-refractivity contribution is -0.129. The molecule has 5 heteroatoms. The largest absolute Gasteiger partial charge is 0.296 e. The first-order chi connectivity index (χ1) is 12.7. The van der Waals surface area contributed by atoms with Gasteiger partial charge in [0.25, 0.3) is 0 Å². The number of piperidine rings is 1. The van der Waals surface area contributed by atoms with Crippen LogP contribution in [0.25, 0.3) is 10.8 Å². The van der Waals surface area contributed by atoms with Crippen LogP contribution in [0.3, 0.4) is 0 Å². The lowest BCUT2D eigenvalue weighted by Gasteiger charge is -2.31. The van der Waals surface area contributed by atoms with Gasteiger partial charge in [0.15, 0.2) is 5.78 Å². The first-order valence-corrected chi connectivity index (χ1v) is 9.33. The van der Waals surface area contributed by atoms with E-state index in [1.807, 2.05) is 42.5 Å². The highest BCUT2D eigenvalue weighted by Gasteiger charge is 2.22. The number of hydroxylamine groups is 1. The van der Waals surface area contributed by atoms with Gasteiger partial charge in [-0.2, -0.15) is 0 Å². The number of ketones is 1. The van der Waals surface area contributed by atoms with E-state index >= 15 is 0 Å². The van der Waals surface area contributed by atoms with Crippen LogP contribution in [0, 0.1) is 5.92 Å². The minimum atomic E-state index is -0.317. The predicted octanol–water partition coefficient (Wildman–Crippen LogP) is 3.41. The summed E-state index contributed by atoms with van der Waals surface area (Å²) < 4.78 is 0. The molecule has 0 radical (unpaired) electrons. The van der Waals surface area contributed by atoms with E-state index in [9.17, 15) is 9.59 Å². The summed E-state index contributed by atoms with van der Waals surface area (Å²) in [7, 11) is 0. The van der Waals surface area contributed by atoms with Gasteiger partial charge in [-0.1, -0.05) is 42.5 Å². The number of rotatable bonds is 7. The van der Waals surface area contributed by atoms with Crippen molar-refractivity contribution in [3.05, 3.63) is 48.0 Å². The van der Waals surface area contributed by atoms with Gasteiger partial charge in [-0.05, 0) is 55.5 Å². The molecule has 3 rings (SSSR count). The standard InChI is InChI=1S/C21H26N2O3/c24-20(19-9-4-7-17-6-1-2-8-18(17)19)15-23-13-11-16(12-14-23)5-3-10-21(25)22-26/h1-2,4,6-9,16,26H,3,5,10-15H2,(H,22,25). The smallest absolute Gasteiger partial charge is 0.243 e. The Labute approximate surface area is 154 Å². The van der Waals surface area contributed by atoms with E-state index in [4.69, 9.17) is 5.21 Å². The van der Waals surface area contributed by atoms with Gasteiger partial charge in [-0.25, -0.2) is 5.48 Å². The fourth-order valence-electron chi connectivity index (χ4n) is 3.80. The summed E-state index contributed by atoms with van der Waals surface area (Å²) in [5, 5.41) is 10.6. The highest BCUT2D eigenvalue weighted by Crippen LogP contribution is 2.24. The number of hydrogen-bond donors (Lipinski definition) is 2. The molecule has 0 bridgehead atoms. The topological polar surface area (TPSA) is 69.6 Å². The van der Waals surface area contributed by atoms with E-state index in [0.717, 1.165) is 55.1 Å². The molecule has 2 N–H and O–H groups in total. The van der Waals surface area contributed by atoms with Gasteiger partial charge < -0.3 is 0 Å². The molecule has 0 aliphatic carbocycles. The molecule has 138 valence electrons. The van der Waals surface area contributed by atoms with Gasteiger partial charge in [0.05, 0.1) is 6.54 Å². The van der Waals surface area contributed by atoms with Crippen LogP contribution in [0.4, 0.5) is 0 Å². The maximum Gasteiger partial charge on any atom is 0.243 e. The molecule has 0 unspecified atom stereocenters. The molecule has 1 aliphatic heterocycles. The van der Waals surface area contributed by atoms with E-state index in [0.29, 0.717) is 18.9 Å². The molecular weight excluding hydrogens is 328 g/mol. The van der Waals surface area contributed by atoms with Crippen molar-refractivity contribution in [2.75, 3.05) is 19.6 Å². The maximum atomic E-state index is 12.8. The van der Waals surface area contributed by atoms with Crippen molar-refractivity contribution in [1.29, 1.82) is 0 Å². The molecule has 0 aromatic heterocycles. The van der Waals surface area contributed by atoms with Crippen molar-refractivity contribution < 1.29 is 14.8 Å². The number of amides is 1. The van der Waals surface area contributed by atoms with Crippen LogP contribution in [0.2, 0.25) is 0 Å². The van der Waals surface area contributed by atoms with Crippen LogP contribution in [-0.4, -0.2) is 41.4 Å². The Kier molecular flexibility index (Phi) is 6.36. The molecule has 1 fully saturated rings. The summed E-state index contributed by atoms with van der Waals surface area (Å²) in [5.74, 6) is 0.466. The average Bonchev–Trinajstić information content (AvgIpc) is 2.68. The van der Waals surface area contributed by atoms with Gasteiger partial charge in [0, 0.05) is 12.0 Å². The second-order valence-corrected chi connectivity index (χ2v) is 7.10. The normalized spacial score (nSPS) is 15.9. The van der Waals surface area contributed by atoms with E-state index in [1.165, 1.54) is 0 Å². The molecule has 1 heterocycles. The Bertz CT molecular complexity index is 761. The minimum absolute atomic E-state index is 0.180. The number of benzene rings is 2. The maximum absolute atomic E-state index is 12.8. The number of carbonyl (C=O) groups is 2. The average molecular weight is 354 g/mol. The van der Waals surface area contributed by atoms with Crippen molar-refractivity contribution in [2.24, 2.45) is 5.92 Å². The fraction of sp³-hybridized carbons (Fsp3) is 0.429. The SMILES string of the molecule is O=C(CCCC1CCN(CC(=O)c2cccc3ccccc23)CC1)NO. The van der Waals surface area contributed by atoms with E-state index < -0.39 is 0 Å². The third kappa shape index (κ3) is 4.68. The summed E-state index contributed by atoms with van der Waals surface area (Å²) >= 11 is 0. The molecule has 0 spiro atoms. The van der Waals surface area contributed by atoms with Crippen LogP contribution in [0.15, 0.2) is 42.5 Å². The number of fused-ring (bicyclic) bond motifs is 1. The number of nitrogens with one attached hydrogen (secondary N) is 1. The molecule has 1 saturated heterocycles. The highest BCUT2D eigenvalue weighted by molar-refractivity contribution is 6.09. The second-order valence-electron chi connectivity index (χ2n) is 7.10. The van der Waals surface area contributed by atoms with Gasteiger partial charge in [-0.3, -0.25) is 19.7 Å². The lowest BCUT2D eigenvalue weighted by Crippen LogP contribution is -2.37. The van der Waals surface area contributed by atoms with Crippen LogP contribution in [-0.2, 0) is 4.79 Å². The lowest BCUT2D eigenvalue weighted by atomic mass is 9.91.